The predicted octanol–water partition coefficient (Wildman–Crippen LogP) is 26.6. The smallest absolute Gasteiger partial charge is 0 e. The van der Waals surface area contributed by atoms with Gasteiger partial charge in [-0.3, -0.25) is 9.97 Å². The zero-order valence-electron chi connectivity index (χ0n) is 68.7. The molecule has 0 unspecified atom stereocenters. The van der Waals surface area contributed by atoms with Crippen molar-refractivity contribution in [2.45, 2.75) is 172 Å². The summed E-state index contributed by atoms with van der Waals surface area (Å²) in [7, 11) is 0. The van der Waals surface area contributed by atoms with Gasteiger partial charge < -0.3 is 18.0 Å². The van der Waals surface area contributed by atoms with Gasteiger partial charge in [-0.1, -0.05) is 163 Å². The van der Waals surface area contributed by atoms with Crippen molar-refractivity contribution >= 4 is 101 Å². The Labute approximate surface area is 706 Å². The molecule has 0 saturated heterocycles. The summed E-state index contributed by atoms with van der Waals surface area (Å²) in [5.74, 6) is 19.4. The van der Waals surface area contributed by atoms with Crippen LogP contribution >= 0.6 is 0 Å². The Morgan fingerprint density at radius 2 is 0.877 bits per heavy atom. The first-order chi connectivity index (χ1) is 53.9. The first-order valence-corrected chi connectivity index (χ1v) is 54.9. The van der Waals surface area contributed by atoms with Gasteiger partial charge in [-0.25, -0.2) is 0 Å². The number of nitriles is 1. The number of imidazole rings is 2. The molecule has 0 amide bonds. The molecule has 17 rings (SSSR count). The summed E-state index contributed by atoms with van der Waals surface area (Å²) in [4.78, 5) is 19.7. The van der Waals surface area contributed by atoms with Crippen molar-refractivity contribution in [2.75, 3.05) is 0 Å². The van der Waals surface area contributed by atoms with Gasteiger partial charge in [0.05, 0.1) is 44.9 Å². The molecule has 0 N–H and O–H groups in total. The molecule has 16 aromatic rings. The molecule has 1 fully saturated rings. The van der Waals surface area contributed by atoms with Crippen LogP contribution in [-0.4, -0.2) is 55.6 Å². The van der Waals surface area contributed by atoms with Gasteiger partial charge in [-0.15, -0.1) is 47.5 Å². The summed E-state index contributed by atoms with van der Waals surface area (Å²) in [5.41, 5.74) is 25.2. The average Bonchev–Trinajstić information content (AvgIpc) is 1.59. The molecule has 6 aromatic heterocycles. The molecule has 114 heavy (non-hydrogen) atoms. The molecule has 13 heteroatoms. The summed E-state index contributed by atoms with van der Waals surface area (Å²) in [6.45, 7) is 22.6. The van der Waals surface area contributed by atoms with E-state index in [1.807, 2.05) is 60.7 Å². The molecule has 584 valence electrons. The summed E-state index contributed by atoms with van der Waals surface area (Å²) in [6.07, 6.45) is 12.3. The minimum atomic E-state index is -1.92. The number of hydrogen-bond acceptors (Lipinski definition) is 7. The molecule has 0 atom stereocenters. The Morgan fingerprint density at radius 1 is 0.439 bits per heavy atom. The van der Waals surface area contributed by atoms with Crippen LogP contribution in [0.4, 0.5) is 0 Å². The largest absolute Gasteiger partial charge is 0 e. The molecule has 1 aliphatic carbocycles. The van der Waals surface area contributed by atoms with Gasteiger partial charge in [-0.2, -0.15) is 0 Å². The van der Waals surface area contributed by atoms with E-state index in [0.29, 0.717) is 35.2 Å². The third-order valence-corrected chi connectivity index (χ3v) is 30.4. The number of hydrogen-bond donors (Lipinski definition) is 0. The standard InChI is InChI=1S/2C31H27N2O.C20H26GeN.C19H23GeN2.2Ir/c2*1-19(2)22-11-9-12-23(20(3)4)30(22)33-27-14-7-6-13-26(27)32-31(33)21-16-17-29-25(18-21)24-10-5-8-15-28(24)34-29;1-21(2,3)19-15-22-20(17-12-8-5-9-13-17)14-18(19)16-10-6-4-7-11-16;1-14(2)10-17-11-19(22-13-18(17)20(3,4)5)16-8-6-15(12-21)7-9-16;;/h2*5-15,17-20H,1-4H3;5,8-9,12,14-16H,4,6-7,10-11H2,1-3H3;6-8,11,13-14H,10H2,1-5H3;;/q4*-1;;. The Kier molecular flexibility index (Phi) is 26.9. The summed E-state index contributed by atoms with van der Waals surface area (Å²) < 4.78 is 19.9. The Bertz CT molecular complexity index is 5770. The van der Waals surface area contributed by atoms with E-state index >= 15 is 0 Å². The molecular formula is C101H103Ge2Ir2N7O2-4. The maximum Gasteiger partial charge on any atom is 0 e. The van der Waals surface area contributed by atoms with E-state index in [0.717, 1.165) is 124 Å². The molecule has 0 spiro atoms. The summed E-state index contributed by atoms with van der Waals surface area (Å²) in [6, 6.07) is 88.6. The fraction of sp³-hybridized carbons (Fsp3) is 0.277. The maximum absolute atomic E-state index is 8.89. The number of fused-ring (bicyclic) bond motifs is 8. The van der Waals surface area contributed by atoms with E-state index in [2.05, 4.69) is 306 Å². The van der Waals surface area contributed by atoms with Gasteiger partial charge >= 0.3 is 274 Å². The normalized spacial score (nSPS) is 12.6. The zero-order chi connectivity index (χ0) is 78.7. The average molecular weight is 1980 g/mol. The van der Waals surface area contributed by atoms with Crippen molar-refractivity contribution in [1.29, 1.82) is 5.26 Å². The molecule has 2 radical (unpaired) electrons. The van der Waals surface area contributed by atoms with Crippen molar-refractivity contribution in [2.24, 2.45) is 5.92 Å². The number of nitrogens with zero attached hydrogens (tertiary/aromatic N) is 7. The molecule has 0 aliphatic heterocycles. The molecule has 1 aliphatic rings. The molecule has 6 heterocycles. The van der Waals surface area contributed by atoms with Gasteiger partial charge in [0, 0.05) is 62.4 Å². The fourth-order valence-corrected chi connectivity index (χ4v) is 22.8. The van der Waals surface area contributed by atoms with Gasteiger partial charge in [0.25, 0.3) is 0 Å². The quantitative estimate of drug-likeness (QED) is 0.0742. The van der Waals surface area contributed by atoms with Crippen LogP contribution in [-0.2, 0) is 46.6 Å². The van der Waals surface area contributed by atoms with Crippen molar-refractivity contribution in [3.8, 4) is 62.7 Å². The van der Waals surface area contributed by atoms with Crippen LogP contribution in [0.2, 0.25) is 34.5 Å². The van der Waals surface area contributed by atoms with Crippen LogP contribution in [0.25, 0.3) is 123 Å². The van der Waals surface area contributed by atoms with Crippen LogP contribution in [0.3, 0.4) is 0 Å². The first kappa shape index (κ1) is 84.3. The van der Waals surface area contributed by atoms with Gasteiger partial charge in [-0.05, 0) is 82.3 Å². The van der Waals surface area contributed by atoms with Gasteiger partial charge in [0.15, 0.2) is 0 Å². The molecule has 1 saturated carbocycles. The Hall–Kier alpha value is -9.09. The van der Waals surface area contributed by atoms with Crippen molar-refractivity contribution in [3.63, 3.8) is 0 Å². The Balaban J connectivity index is 0.000000143. The summed E-state index contributed by atoms with van der Waals surface area (Å²) in [5, 5.41) is 13.3. The third kappa shape index (κ3) is 18.1. The second-order valence-corrected chi connectivity index (χ2v) is 55.0. The van der Waals surface area contributed by atoms with Crippen molar-refractivity contribution in [3.05, 3.63) is 288 Å². The number of pyridine rings is 2. The van der Waals surface area contributed by atoms with Crippen LogP contribution in [0.15, 0.2) is 234 Å². The minimum absolute atomic E-state index is 0. The van der Waals surface area contributed by atoms with Gasteiger partial charge in [0.1, 0.15) is 11.2 Å². The van der Waals surface area contributed by atoms with Crippen LogP contribution in [0.5, 0.6) is 0 Å². The number of furan rings is 2. The van der Waals surface area contributed by atoms with Crippen LogP contribution < -0.4 is 8.79 Å². The number of aromatic nitrogens is 6. The van der Waals surface area contributed by atoms with Crippen molar-refractivity contribution in [1.82, 2.24) is 29.1 Å². The predicted molar refractivity (Wildman–Crippen MR) is 474 cm³/mol. The second kappa shape index (κ2) is 36.4. The topological polar surface area (TPSA) is 111 Å². The first-order valence-electron chi connectivity index (χ1n) is 40.2. The van der Waals surface area contributed by atoms with E-state index in [1.165, 1.54) is 75.7 Å². The second-order valence-electron chi connectivity index (χ2n) is 33.8. The van der Waals surface area contributed by atoms with E-state index in [-0.39, 0.29) is 40.2 Å². The third-order valence-electron chi connectivity index (χ3n) is 21.8. The maximum atomic E-state index is 8.89. The van der Waals surface area contributed by atoms with Crippen molar-refractivity contribution < 1.29 is 49.0 Å². The van der Waals surface area contributed by atoms with Crippen LogP contribution in [0.1, 0.15) is 170 Å². The fourth-order valence-electron chi connectivity index (χ4n) is 16.1. The van der Waals surface area contributed by atoms with Gasteiger partial charge in [0.2, 0.25) is 0 Å². The molecular weight excluding hydrogens is 1870 g/mol. The van der Waals surface area contributed by atoms with Crippen LogP contribution in [0, 0.1) is 41.5 Å². The van der Waals surface area contributed by atoms with E-state index in [1.54, 1.807) is 16.0 Å². The molecule has 0 bridgehead atoms. The minimum Gasteiger partial charge on any atom is 0 e. The summed E-state index contributed by atoms with van der Waals surface area (Å²) >= 11 is -3.81. The molecule has 10 aromatic carbocycles. The monoisotopic (exact) mass is 1980 g/mol. The number of benzene rings is 10. The van der Waals surface area contributed by atoms with E-state index in [4.69, 9.17) is 29.0 Å². The Morgan fingerprint density at radius 3 is 1.32 bits per heavy atom. The SMILES string of the molecule is CC(C)Cc1cc(-c2[c-]cc(C#N)cc2)nc[c]1[Ge]([CH3])([CH3])[CH3].CC(C)c1cccc(C(C)C)c1-n1c(-c2[c-]cc3oc4ccccc4c3c2)nc2ccccc21.CC(C)c1cccc(C(C)C)c1-n1c(-c2[c-]cc3oc4ccccc4c3c2)nc2ccccc21.[CH3][Ge]([CH3])([CH3])[c]1cnc(-c2[c-]cccc2)cc1C1CCCCC1.[Ir].[Ir]. The van der Waals surface area contributed by atoms with E-state index < -0.39 is 26.5 Å². The zero-order valence-corrected chi connectivity index (χ0v) is 77.7. The molecule has 9 nitrogen and oxygen atoms in total. The number of rotatable bonds is 15. The number of para-hydroxylation sites is 8. The van der Waals surface area contributed by atoms with E-state index in [9.17, 15) is 0 Å².